The molecule has 1 aliphatic rings. The van der Waals surface area contributed by atoms with Crippen molar-refractivity contribution in [2.45, 2.75) is 39.0 Å². The lowest BCUT2D eigenvalue weighted by atomic mass is 9.87. The zero-order valence-electron chi connectivity index (χ0n) is 14.4. The summed E-state index contributed by atoms with van der Waals surface area (Å²) in [7, 11) is 0. The number of halogens is 1. The lowest BCUT2D eigenvalue weighted by Gasteiger charge is -2.19. The third kappa shape index (κ3) is 6.80. The van der Waals surface area contributed by atoms with Crippen LogP contribution < -0.4 is 10.1 Å². The van der Waals surface area contributed by atoms with Crippen LogP contribution in [0.25, 0.3) is 0 Å². The van der Waals surface area contributed by atoms with Crippen LogP contribution in [0.4, 0.5) is 0 Å². The number of rotatable bonds is 6. The lowest BCUT2D eigenvalue weighted by Crippen LogP contribution is -2.35. The Bertz CT molecular complexity index is 477. The number of hydrogen-bond donors (Lipinski definition) is 1. The van der Waals surface area contributed by atoms with Crippen molar-refractivity contribution in [3.8, 4) is 5.75 Å². The van der Waals surface area contributed by atoms with Crippen molar-refractivity contribution in [1.29, 1.82) is 0 Å². The zero-order chi connectivity index (χ0) is 16.0. The molecule has 4 nitrogen and oxygen atoms in total. The molecule has 5 heteroatoms. The monoisotopic (exact) mass is 340 g/mol. The fraction of sp³-hybridized carbons (Fsp3) is 0.611. The molecule has 0 spiro atoms. The number of carbonyl (C=O) groups is 1. The van der Waals surface area contributed by atoms with Gasteiger partial charge in [-0.05, 0) is 49.0 Å². The first-order valence-corrected chi connectivity index (χ1v) is 8.17. The summed E-state index contributed by atoms with van der Waals surface area (Å²) in [5.41, 5.74) is 1.39. The summed E-state index contributed by atoms with van der Waals surface area (Å²) in [6.45, 7) is 10.6. The molecular weight excluding hydrogens is 312 g/mol. The van der Waals surface area contributed by atoms with Gasteiger partial charge in [-0.25, -0.2) is 0 Å². The van der Waals surface area contributed by atoms with Crippen molar-refractivity contribution >= 4 is 18.3 Å². The molecule has 2 rings (SSSR count). The Kier molecular flexibility index (Phi) is 7.86. The van der Waals surface area contributed by atoms with Gasteiger partial charge in [0.25, 0.3) is 5.91 Å². The molecule has 130 valence electrons. The second-order valence-electron chi connectivity index (χ2n) is 6.96. The fourth-order valence-corrected chi connectivity index (χ4v) is 2.61. The second-order valence-corrected chi connectivity index (χ2v) is 6.96. The van der Waals surface area contributed by atoms with Gasteiger partial charge in [-0.3, -0.25) is 4.79 Å². The predicted octanol–water partition coefficient (Wildman–Crippen LogP) is 3.00. The summed E-state index contributed by atoms with van der Waals surface area (Å²) in [4.78, 5) is 14.1. The summed E-state index contributed by atoms with van der Waals surface area (Å²) in [6.07, 6.45) is 2.56. The van der Waals surface area contributed by atoms with Gasteiger partial charge in [0.05, 0.1) is 0 Å². The number of carbonyl (C=O) groups excluding carboxylic acids is 1. The summed E-state index contributed by atoms with van der Waals surface area (Å²) in [5.74, 6) is 0.682. The number of hydrogen-bond acceptors (Lipinski definition) is 3. The maximum absolute atomic E-state index is 11.8. The summed E-state index contributed by atoms with van der Waals surface area (Å²) >= 11 is 0. The van der Waals surface area contributed by atoms with Crippen molar-refractivity contribution in [3.05, 3.63) is 29.8 Å². The van der Waals surface area contributed by atoms with Crippen molar-refractivity contribution in [2.75, 3.05) is 32.8 Å². The Morgan fingerprint density at radius 2 is 1.78 bits per heavy atom. The van der Waals surface area contributed by atoms with Gasteiger partial charge in [-0.1, -0.05) is 32.9 Å². The number of ether oxygens (including phenoxy) is 1. The molecule has 1 aliphatic heterocycles. The smallest absolute Gasteiger partial charge is 0.257 e. The molecular formula is C18H29ClN2O2. The van der Waals surface area contributed by atoms with E-state index in [4.69, 9.17) is 4.74 Å². The van der Waals surface area contributed by atoms with E-state index in [0.29, 0.717) is 6.54 Å². The van der Waals surface area contributed by atoms with Crippen molar-refractivity contribution in [3.63, 3.8) is 0 Å². The topological polar surface area (TPSA) is 41.6 Å². The van der Waals surface area contributed by atoms with Gasteiger partial charge in [-0.15, -0.1) is 12.4 Å². The Morgan fingerprint density at radius 1 is 1.17 bits per heavy atom. The van der Waals surface area contributed by atoms with Crippen molar-refractivity contribution in [2.24, 2.45) is 0 Å². The molecule has 0 aromatic heterocycles. The van der Waals surface area contributed by atoms with E-state index >= 15 is 0 Å². The molecule has 0 saturated carbocycles. The van der Waals surface area contributed by atoms with E-state index in [0.717, 1.165) is 25.4 Å². The van der Waals surface area contributed by atoms with Gasteiger partial charge in [-0.2, -0.15) is 0 Å². The first kappa shape index (κ1) is 19.8. The fourth-order valence-electron chi connectivity index (χ4n) is 2.61. The lowest BCUT2D eigenvalue weighted by molar-refractivity contribution is -0.123. The SMILES string of the molecule is CC(C)(C)c1ccc(OCC(=O)NCCN2CCCC2)cc1.Cl. The van der Waals surface area contributed by atoms with Crippen LogP contribution in [-0.4, -0.2) is 43.6 Å². The standard InChI is InChI=1S/C18H28N2O2.ClH/c1-18(2,3)15-6-8-16(9-7-15)22-14-17(21)19-10-13-20-11-4-5-12-20;/h6-9H,4-5,10-14H2,1-3H3,(H,19,21);1H. The van der Waals surface area contributed by atoms with Crippen LogP contribution in [0.5, 0.6) is 5.75 Å². The van der Waals surface area contributed by atoms with Gasteiger partial charge in [0, 0.05) is 13.1 Å². The van der Waals surface area contributed by atoms with Crippen LogP contribution in [0.15, 0.2) is 24.3 Å². The van der Waals surface area contributed by atoms with E-state index in [9.17, 15) is 4.79 Å². The molecule has 1 aromatic carbocycles. The highest BCUT2D eigenvalue weighted by atomic mass is 35.5. The highest BCUT2D eigenvalue weighted by Gasteiger charge is 2.13. The van der Waals surface area contributed by atoms with E-state index in [-0.39, 0.29) is 30.3 Å². The van der Waals surface area contributed by atoms with Crippen LogP contribution in [0.1, 0.15) is 39.2 Å². The quantitative estimate of drug-likeness (QED) is 0.865. The number of benzene rings is 1. The number of nitrogens with one attached hydrogen (secondary N) is 1. The predicted molar refractivity (Wildman–Crippen MR) is 96.6 cm³/mol. The van der Waals surface area contributed by atoms with Crippen molar-refractivity contribution < 1.29 is 9.53 Å². The van der Waals surface area contributed by atoms with Gasteiger partial charge < -0.3 is 15.0 Å². The van der Waals surface area contributed by atoms with Gasteiger partial charge in [0.15, 0.2) is 6.61 Å². The van der Waals surface area contributed by atoms with E-state index in [1.165, 1.54) is 18.4 Å². The summed E-state index contributed by atoms with van der Waals surface area (Å²) < 4.78 is 5.53. The minimum Gasteiger partial charge on any atom is -0.484 e. The molecule has 1 aromatic rings. The second kappa shape index (κ2) is 9.14. The largest absolute Gasteiger partial charge is 0.484 e. The van der Waals surface area contributed by atoms with Gasteiger partial charge in [0.1, 0.15) is 5.75 Å². The third-order valence-electron chi connectivity index (χ3n) is 4.04. The van der Waals surface area contributed by atoms with Crippen LogP contribution >= 0.6 is 12.4 Å². The number of likely N-dealkylation sites (tertiary alicyclic amines) is 1. The summed E-state index contributed by atoms with van der Waals surface area (Å²) in [5, 5.41) is 2.91. The van der Waals surface area contributed by atoms with Crippen molar-refractivity contribution in [1.82, 2.24) is 10.2 Å². The van der Waals surface area contributed by atoms with E-state index in [1.807, 2.05) is 12.1 Å². The molecule has 1 amide bonds. The maximum Gasteiger partial charge on any atom is 0.257 e. The highest BCUT2D eigenvalue weighted by molar-refractivity contribution is 5.85. The minimum atomic E-state index is -0.0564. The molecule has 0 aliphatic carbocycles. The average molecular weight is 341 g/mol. The van der Waals surface area contributed by atoms with Crippen LogP contribution in [-0.2, 0) is 10.2 Å². The van der Waals surface area contributed by atoms with Crippen LogP contribution in [0.3, 0.4) is 0 Å². The molecule has 1 heterocycles. The molecule has 0 unspecified atom stereocenters. The van der Waals surface area contributed by atoms with E-state index < -0.39 is 0 Å². The Labute approximate surface area is 146 Å². The maximum atomic E-state index is 11.8. The molecule has 0 bridgehead atoms. The zero-order valence-corrected chi connectivity index (χ0v) is 15.2. The first-order valence-electron chi connectivity index (χ1n) is 8.17. The van der Waals surface area contributed by atoms with E-state index in [1.54, 1.807) is 0 Å². The minimum absolute atomic E-state index is 0. The number of amides is 1. The van der Waals surface area contributed by atoms with E-state index in [2.05, 4.69) is 43.1 Å². The Morgan fingerprint density at radius 3 is 2.35 bits per heavy atom. The molecule has 1 saturated heterocycles. The molecule has 0 atom stereocenters. The first-order chi connectivity index (χ1) is 10.4. The van der Waals surface area contributed by atoms with Gasteiger partial charge in [0.2, 0.25) is 0 Å². The van der Waals surface area contributed by atoms with Gasteiger partial charge >= 0.3 is 0 Å². The number of nitrogens with zero attached hydrogens (tertiary/aromatic N) is 1. The highest BCUT2D eigenvalue weighted by Crippen LogP contribution is 2.24. The third-order valence-corrected chi connectivity index (χ3v) is 4.04. The average Bonchev–Trinajstić information content (AvgIpc) is 2.98. The van der Waals surface area contributed by atoms with Crippen LogP contribution in [0.2, 0.25) is 0 Å². The summed E-state index contributed by atoms with van der Waals surface area (Å²) in [6, 6.07) is 7.97. The normalized spacial score (nSPS) is 15.1. The van der Waals surface area contributed by atoms with Crippen LogP contribution in [0, 0.1) is 0 Å². The molecule has 1 fully saturated rings. The molecule has 23 heavy (non-hydrogen) atoms. The molecule has 0 radical (unpaired) electrons. The molecule has 1 N–H and O–H groups in total. The Balaban J connectivity index is 0.00000264. The Hall–Kier alpha value is -1.26.